The number of likely N-dealkylation sites (N-methyl/N-ethyl adjacent to an activating group) is 1. The van der Waals surface area contributed by atoms with Gasteiger partial charge in [0, 0.05) is 31.6 Å². The van der Waals surface area contributed by atoms with Crippen LogP contribution in [-0.4, -0.2) is 49.1 Å². The highest BCUT2D eigenvalue weighted by atomic mass is 35.5. The molecule has 21 heavy (non-hydrogen) atoms. The largest absolute Gasteiger partial charge is 0.395 e. The van der Waals surface area contributed by atoms with Gasteiger partial charge in [-0.2, -0.15) is 0 Å². The van der Waals surface area contributed by atoms with E-state index in [0.29, 0.717) is 22.6 Å². The molecule has 0 saturated carbocycles. The third kappa shape index (κ3) is 5.46. The highest BCUT2D eigenvalue weighted by Crippen LogP contribution is 2.17. The molecule has 0 aliphatic carbocycles. The van der Waals surface area contributed by atoms with Crippen molar-refractivity contribution in [1.82, 2.24) is 10.2 Å². The lowest BCUT2D eigenvalue weighted by atomic mass is 10.1. The first kappa shape index (κ1) is 17.0. The van der Waals surface area contributed by atoms with Crippen molar-refractivity contribution in [2.24, 2.45) is 0 Å². The molecule has 0 aromatic heterocycles. The minimum atomic E-state index is -0.373. The summed E-state index contributed by atoms with van der Waals surface area (Å²) >= 11 is 6.05. The Labute approximate surface area is 128 Å². The van der Waals surface area contributed by atoms with E-state index < -0.39 is 0 Å². The van der Waals surface area contributed by atoms with Gasteiger partial charge in [0.15, 0.2) is 0 Å². The van der Waals surface area contributed by atoms with Crippen molar-refractivity contribution in [2.75, 3.05) is 27.2 Å². The van der Waals surface area contributed by atoms with Crippen LogP contribution in [0.3, 0.4) is 0 Å². The highest BCUT2D eigenvalue weighted by molar-refractivity contribution is 6.32. The Hall–Kier alpha value is -2.03. The van der Waals surface area contributed by atoms with Crippen molar-refractivity contribution in [1.29, 1.82) is 0 Å². The normalized spacial score (nSPS) is 9.52. The Morgan fingerprint density at radius 3 is 2.67 bits per heavy atom. The topological polar surface area (TPSA) is 69.6 Å². The molecule has 112 valence electrons. The fourth-order valence-corrected chi connectivity index (χ4v) is 1.62. The van der Waals surface area contributed by atoms with Gasteiger partial charge >= 0.3 is 0 Å². The number of rotatable bonds is 4. The van der Waals surface area contributed by atoms with E-state index in [0.717, 1.165) is 0 Å². The van der Waals surface area contributed by atoms with E-state index in [-0.39, 0.29) is 25.0 Å². The second kappa shape index (κ2) is 8.30. The van der Waals surface area contributed by atoms with E-state index >= 15 is 0 Å². The third-order valence-electron chi connectivity index (χ3n) is 2.59. The van der Waals surface area contributed by atoms with E-state index in [4.69, 9.17) is 16.7 Å². The van der Waals surface area contributed by atoms with Crippen LogP contribution in [0.4, 0.5) is 0 Å². The van der Waals surface area contributed by atoms with Crippen LogP contribution in [0.5, 0.6) is 0 Å². The van der Waals surface area contributed by atoms with Crippen molar-refractivity contribution in [3.05, 3.63) is 34.3 Å². The van der Waals surface area contributed by atoms with Gasteiger partial charge < -0.3 is 15.3 Å². The monoisotopic (exact) mass is 308 g/mol. The van der Waals surface area contributed by atoms with Gasteiger partial charge in [-0.1, -0.05) is 23.4 Å². The van der Waals surface area contributed by atoms with E-state index in [9.17, 15) is 9.59 Å². The minimum absolute atomic E-state index is 0.00892. The smallest absolute Gasteiger partial charge is 0.251 e. The number of hydrogen-bond donors (Lipinski definition) is 2. The number of nitrogens with one attached hydrogen (secondary N) is 1. The first-order chi connectivity index (χ1) is 9.95. The quantitative estimate of drug-likeness (QED) is 0.812. The molecule has 0 spiro atoms. The summed E-state index contributed by atoms with van der Waals surface area (Å²) < 4.78 is 0. The summed E-state index contributed by atoms with van der Waals surface area (Å²) in [6.07, 6.45) is 0.366. The molecule has 1 aromatic carbocycles. The van der Waals surface area contributed by atoms with Crippen molar-refractivity contribution < 1.29 is 14.7 Å². The standard InChI is InChI=1S/C15H17ClN2O3/c1-18(2)14(20)10-17-15(21)12-7-6-11(13(16)9-12)5-3-4-8-19/h6-7,9,19H,4,8,10H2,1-2H3,(H,17,21). The molecule has 1 aromatic rings. The molecule has 2 amide bonds. The number of amides is 2. The van der Waals surface area contributed by atoms with Crippen LogP contribution in [0.2, 0.25) is 5.02 Å². The molecule has 0 aliphatic heterocycles. The van der Waals surface area contributed by atoms with Crippen LogP contribution in [0, 0.1) is 11.8 Å². The van der Waals surface area contributed by atoms with E-state index in [1.54, 1.807) is 26.2 Å². The van der Waals surface area contributed by atoms with Gasteiger partial charge in [0.2, 0.25) is 5.91 Å². The molecule has 0 fully saturated rings. The van der Waals surface area contributed by atoms with Crippen LogP contribution >= 0.6 is 11.6 Å². The Balaban J connectivity index is 2.73. The lowest BCUT2D eigenvalue weighted by Crippen LogP contribution is -2.36. The lowest BCUT2D eigenvalue weighted by Gasteiger charge is -2.11. The zero-order valence-electron chi connectivity index (χ0n) is 11.9. The number of aliphatic hydroxyl groups is 1. The van der Waals surface area contributed by atoms with E-state index in [1.165, 1.54) is 11.0 Å². The fraction of sp³-hybridized carbons (Fsp3) is 0.333. The molecule has 5 nitrogen and oxygen atoms in total. The lowest BCUT2D eigenvalue weighted by molar-refractivity contribution is -0.127. The van der Waals surface area contributed by atoms with Crippen LogP contribution in [0.1, 0.15) is 22.3 Å². The number of aliphatic hydroxyl groups excluding tert-OH is 1. The number of carbonyl (C=O) groups excluding carboxylic acids is 2. The molecule has 0 atom stereocenters. The maximum Gasteiger partial charge on any atom is 0.251 e. The fourth-order valence-electron chi connectivity index (χ4n) is 1.39. The van der Waals surface area contributed by atoms with Gasteiger partial charge in [-0.25, -0.2) is 0 Å². The summed E-state index contributed by atoms with van der Waals surface area (Å²) in [5.74, 6) is 5.00. The molecular weight excluding hydrogens is 292 g/mol. The SMILES string of the molecule is CN(C)C(=O)CNC(=O)c1ccc(C#CCCO)c(Cl)c1. The molecule has 0 unspecified atom stereocenters. The van der Waals surface area contributed by atoms with Crippen LogP contribution in [-0.2, 0) is 4.79 Å². The molecule has 0 saturated heterocycles. The number of carbonyl (C=O) groups is 2. The molecule has 0 radical (unpaired) electrons. The Kier molecular flexibility index (Phi) is 6.73. The van der Waals surface area contributed by atoms with E-state index in [2.05, 4.69) is 17.2 Å². The molecule has 0 bridgehead atoms. The summed E-state index contributed by atoms with van der Waals surface area (Å²) in [4.78, 5) is 24.7. The summed E-state index contributed by atoms with van der Waals surface area (Å²) in [6, 6.07) is 4.72. The van der Waals surface area contributed by atoms with Gasteiger partial charge in [-0.3, -0.25) is 9.59 Å². The van der Waals surface area contributed by atoms with Crippen LogP contribution in [0.25, 0.3) is 0 Å². The Morgan fingerprint density at radius 2 is 2.10 bits per heavy atom. The predicted octanol–water partition coefficient (Wildman–Crippen LogP) is 0.892. The molecule has 0 aliphatic rings. The molecule has 0 heterocycles. The van der Waals surface area contributed by atoms with Gasteiger partial charge in [0.25, 0.3) is 5.91 Å². The highest BCUT2D eigenvalue weighted by Gasteiger charge is 2.10. The van der Waals surface area contributed by atoms with Gasteiger partial charge in [0.05, 0.1) is 18.2 Å². The van der Waals surface area contributed by atoms with E-state index in [1.807, 2.05) is 0 Å². The number of hydrogen-bond acceptors (Lipinski definition) is 3. The third-order valence-corrected chi connectivity index (χ3v) is 2.90. The van der Waals surface area contributed by atoms with Gasteiger partial charge in [-0.15, -0.1) is 0 Å². The zero-order chi connectivity index (χ0) is 15.8. The molecule has 2 N–H and O–H groups in total. The first-order valence-electron chi connectivity index (χ1n) is 6.33. The second-order valence-corrected chi connectivity index (χ2v) is 4.85. The molecule has 6 heteroatoms. The second-order valence-electron chi connectivity index (χ2n) is 4.44. The number of benzene rings is 1. The van der Waals surface area contributed by atoms with Crippen molar-refractivity contribution in [2.45, 2.75) is 6.42 Å². The Bertz CT molecular complexity index is 588. The first-order valence-corrected chi connectivity index (χ1v) is 6.71. The predicted molar refractivity (Wildman–Crippen MR) is 81.1 cm³/mol. The zero-order valence-corrected chi connectivity index (χ0v) is 12.7. The minimum Gasteiger partial charge on any atom is -0.395 e. The van der Waals surface area contributed by atoms with Crippen molar-refractivity contribution in [3.63, 3.8) is 0 Å². The molecule has 1 rings (SSSR count). The summed E-state index contributed by atoms with van der Waals surface area (Å²) in [5.41, 5.74) is 0.949. The van der Waals surface area contributed by atoms with Crippen LogP contribution < -0.4 is 5.32 Å². The summed E-state index contributed by atoms with van der Waals surface area (Å²) in [5, 5.41) is 11.5. The van der Waals surface area contributed by atoms with Crippen molar-refractivity contribution in [3.8, 4) is 11.8 Å². The maximum atomic E-state index is 11.9. The maximum absolute atomic E-state index is 11.9. The number of halogens is 1. The summed E-state index contributed by atoms with van der Waals surface area (Å²) in [6.45, 7) is -0.0769. The number of nitrogens with zero attached hydrogens (tertiary/aromatic N) is 1. The average molecular weight is 309 g/mol. The van der Waals surface area contributed by atoms with Gasteiger partial charge in [0.1, 0.15) is 0 Å². The summed E-state index contributed by atoms with van der Waals surface area (Å²) in [7, 11) is 3.23. The van der Waals surface area contributed by atoms with Crippen molar-refractivity contribution >= 4 is 23.4 Å². The van der Waals surface area contributed by atoms with Crippen LogP contribution in [0.15, 0.2) is 18.2 Å². The Morgan fingerprint density at radius 1 is 1.38 bits per heavy atom. The van der Waals surface area contributed by atoms with Gasteiger partial charge in [-0.05, 0) is 18.2 Å². The molecular formula is C15H17ClN2O3. The average Bonchev–Trinajstić information content (AvgIpc) is 2.46.